The van der Waals surface area contributed by atoms with Crippen molar-refractivity contribution >= 4 is 37.4 Å². The highest BCUT2D eigenvalue weighted by Gasteiger charge is 2.45. The van der Waals surface area contributed by atoms with Gasteiger partial charge in [0, 0.05) is 4.47 Å². The number of carbonyl (C=O) groups excluding carboxylic acids is 1. The second-order valence-electron chi connectivity index (χ2n) is 5.04. The maximum Gasteiger partial charge on any atom is 0.239 e. The standard InChI is InChI=1S/C12H12BrFN2O3S/c13-7-1-2-10(8(14)3-7)16-4-12(17)15-9-5-20(18,19)6-11(9)16/h1-3,9,11H,4-6H2,(H,15,17)/t9-,11-/m0/s1. The number of nitrogens with zero attached hydrogens (tertiary/aromatic N) is 1. The van der Waals surface area contributed by atoms with E-state index < -0.39 is 27.7 Å². The molecule has 20 heavy (non-hydrogen) atoms. The molecule has 108 valence electrons. The van der Waals surface area contributed by atoms with Crippen molar-refractivity contribution < 1.29 is 17.6 Å². The Labute approximate surface area is 124 Å². The quantitative estimate of drug-likeness (QED) is 0.798. The third-order valence-corrected chi connectivity index (χ3v) is 5.81. The molecule has 5 nitrogen and oxygen atoms in total. The molecule has 8 heteroatoms. The van der Waals surface area contributed by atoms with Gasteiger partial charge in [0.2, 0.25) is 5.91 Å². The van der Waals surface area contributed by atoms with Crippen LogP contribution in [0.25, 0.3) is 0 Å². The molecule has 0 unspecified atom stereocenters. The van der Waals surface area contributed by atoms with Crippen LogP contribution in [0.1, 0.15) is 0 Å². The average molecular weight is 363 g/mol. The molecule has 3 rings (SSSR count). The molecule has 0 spiro atoms. The van der Waals surface area contributed by atoms with Crippen molar-refractivity contribution in [3.8, 4) is 0 Å². The fourth-order valence-electron chi connectivity index (χ4n) is 2.78. The first-order chi connectivity index (χ1) is 9.35. The first-order valence-electron chi connectivity index (χ1n) is 6.07. The zero-order valence-corrected chi connectivity index (χ0v) is 12.7. The number of benzene rings is 1. The second kappa shape index (κ2) is 4.70. The number of amides is 1. The largest absolute Gasteiger partial charge is 0.354 e. The Morgan fingerprint density at radius 1 is 1.35 bits per heavy atom. The summed E-state index contributed by atoms with van der Waals surface area (Å²) >= 11 is 3.17. The molecule has 0 aromatic heterocycles. The van der Waals surface area contributed by atoms with E-state index >= 15 is 0 Å². The molecule has 0 aliphatic carbocycles. The summed E-state index contributed by atoms with van der Waals surface area (Å²) < 4.78 is 38.1. The lowest BCUT2D eigenvalue weighted by molar-refractivity contribution is -0.121. The molecule has 2 fully saturated rings. The summed E-state index contributed by atoms with van der Waals surface area (Å²) in [6, 6.07) is 3.65. The molecule has 2 saturated heterocycles. The van der Waals surface area contributed by atoms with E-state index in [-0.39, 0.29) is 29.6 Å². The van der Waals surface area contributed by atoms with Gasteiger partial charge in [0.05, 0.1) is 35.8 Å². The second-order valence-corrected chi connectivity index (χ2v) is 8.11. The number of anilines is 1. The Balaban J connectivity index is 2.01. The Morgan fingerprint density at radius 2 is 2.10 bits per heavy atom. The van der Waals surface area contributed by atoms with Gasteiger partial charge in [0.1, 0.15) is 5.82 Å². The van der Waals surface area contributed by atoms with E-state index in [0.29, 0.717) is 4.47 Å². The highest BCUT2D eigenvalue weighted by molar-refractivity contribution is 9.10. The van der Waals surface area contributed by atoms with E-state index in [2.05, 4.69) is 21.2 Å². The molecule has 1 aromatic carbocycles. The number of halogens is 2. The van der Waals surface area contributed by atoms with Gasteiger partial charge in [-0.3, -0.25) is 4.79 Å². The van der Waals surface area contributed by atoms with Crippen molar-refractivity contribution in [3.05, 3.63) is 28.5 Å². The first-order valence-corrected chi connectivity index (χ1v) is 8.69. The predicted molar refractivity (Wildman–Crippen MR) is 75.8 cm³/mol. The molecular formula is C12H12BrFN2O3S. The van der Waals surface area contributed by atoms with Crippen molar-refractivity contribution in [1.82, 2.24) is 5.32 Å². The predicted octanol–water partition coefficient (Wildman–Crippen LogP) is 0.690. The van der Waals surface area contributed by atoms with Crippen LogP contribution in [0, 0.1) is 5.82 Å². The Hall–Kier alpha value is -1.15. The molecule has 0 bridgehead atoms. The zero-order chi connectivity index (χ0) is 14.5. The van der Waals surface area contributed by atoms with Crippen LogP contribution in [0.5, 0.6) is 0 Å². The summed E-state index contributed by atoms with van der Waals surface area (Å²) in [4.78, 5) is 13.3. The van der Waals surface area contributed by atoms with Gasteiger partial charge in [-0.05, 0) is 18.2 Å². The van der Waals surface area contributed by atoms with Gasteiger partial charge in [-0.1, -0.05) is 15.9 Å². The number of sulfone groups is 1. The molecule has 1 aromatic rings. The third-order valence-electron chi connectivity index (χ3n) is 3.60. The number of carbonyl (C=O) groups is 1. The maximum atomic E-state index is 14.1. The van der Waals surface area contributed by atoms with Crippen LogP contribution in [-0.2, 0) is 14.6 Å². The van der Waals surface area contributed by atoms with Gasteiger partial charge in [0.25, 0.3) is 0 Å². The van der Waals surface area contributed by atoms with Crippen LogP contribution >= 0.6 is 15.9 Å². The molecule has 2 aliphatic heterocycles. The zero-order valence-electron chi connectivity index (χ0n) is 10.3. The number of hydrogen-bond donors (Lipinski definition) is 1. The van der Waals surface area contributed by atoms with Crippen LogP contribution < -0.4 is 10.2 Å². The third kappa shape index (κ3) is 2.42. The smallest absolute Gasteiger partial charge is 0.239 e. The highest BCUT2D eigenvalue weighted by atomic mass is 79.9. The minimum absolute atomic E-state index is 0.0325. The van der Waals surface area contributed by atoms with E-state index in [1.54, 1.807) is 17.0 Å². The lowest BCUT2D eigenvalue weighted by Gasteiger charge is -2.38. The molecule has 2 atom stereocenters. The minimum atomic E-state index is -3.20. The van der Waals surface area contributed by atoms with E-state index in [9.17, 15) is 17.6 Å². The van der Waals surface area contributed by atoms with Crippen LogP contribution in [0.15, 0.2) is 22.7 Å². The summed E-state index contributed by atoms with van der Waals surface area (Å²) in [5, 5.41) is 2.67. The van der Waals surface area contributed by atoms with Gasteiger partial charge in [-0.2, -0.15) is 0 Å². The van der Waals surface area contributed by atoms with E-state index in [1.807, 2.05) is 0 Å². The molecule has 1 amide bonds. The lowest BCUT2D eigenvalue weighted by Crippen LogP contribution is -2.60. The fraction of sp³-hybridized carbons (Fsp3) is 0.417. The van der Waals surface area contributed by atoms with Gasteiger partial charge in [-0.25, -0.2) is 12.8 Å². The van der Waals surface area contributed by atoms with E-state index in [4.69, 9.17) is 0 Å². The van der Waals surface area contributed by atoms with Crippen molar-refractivity contribution in [3.63, 3.8) is 0 Å². The summed E-state index contributed by atoms with van der Waals surface area (Å²) in [5.41, 5.74) is 0.259. The van der Waals surface area contributed by atoms with Crippen molar-refractivity contribution in [2.75, 3.05) is 23.0 Å². The van der Waals surface area contributed by atoms with Gasteiger partial charge < -0.3 is 10.2 Å². The number of rotatable bonds is 1. The van der Waals surface area contributed by atoms with Crippen molar-refractivity contribution in [2.45, 2.75) is 12.1 Å². The number of piperazine rings is 1. The SMILES string of the molecule is O=C1CN(c2ccc(Br)cc2F)[C@H]2CS(=O)(=O)C[C@@H]2N1. The van der Waals surface area contributed by atoms with E-state index in [1.165, 1.54) is 6.07 Å². The monoisotopic (exact) mass is 362 g/mol. The normalized spacial score (nSPS) is 28.1. The van der Waals surface area contributed by atoms with Crippen LogP contribution in [0.3, 0.4) is 0 Å². The Morgan fingerprint density at radius 3 is 2.80 bits per heavy atom. The van der Waals surface area contributed by atoms with Crippen LogP contribution in [0.2, 0.25) is 0 Å². The molecule has 2 heterocycles. The lowest BCUT2D eigenvalue weighted by atomic mass is 10.1. The summed E-state index contributed by atoms with van der Waals surface area (Å²) in [6.07, 6.45) is 0. The molecule has 2 aliphatic rings. The fourth-order valence-corrected chi connectivity index (χ4v) is 5.03. The molecule has 1 N–H and O–H groups in total. The average Bonchev–Trinajstić information content (AvgIpc) is 2.62. The van der Waals surface area contributed by atoms with Gasteiger partial charge >= 0.3 is 0 Å². The van der Waals surface area contributed by atoms with E-state index in [0.717, 1.165) is 0 Å². The number of fused-ring (bicyclic) bond motifs is 1. The Bertz CT molecular complexity index is 679. The van der Waals surface area contributed by atoms with Crippen molar-refractivity contribution in [1.29, 1.82) is 0 Å². The topological polar surface area (TPSA) is 66.5 Å². The summed E-state index contributed by atoms with van der Waals surface area (Å²) in [5.74, 6) is -0.909. The minimum Gasteiger partial charge on any atom is -0.354 e. The van der Waals surface area contributed by atoms with Gasteiger partial charge in [-0.15, -0.1) is 0 Å². The molecular weight excluding hydrogens is 351 g/mol. The molecule has 0 saturated carbocycles. The first kappa shape index (κ1) is 13.8. The van der Waals surface area contributed by atoms with Crippen molar-refractivity contribution in [2.24, 2.45) is 0 Å². The van der Waals surface area contributed by atoms with Gasteiger partial charge in [0.15, 0.2) is 9.84 Å². The summed E-state index contributed by atoms with van der Waals surface area (Å²) in [6.45, 7) is -0.0325. The molecule has 0 radical (unpaired) electrons. The Kier molecular flexibility index (Phi) is 3.24. The highest BCUT2D eigenvalue weighted by Crippen LogP contribution is 2.30. The van der Waals surface area contributed by atoms with Crippen LogP contribution in [-0.4, -0.2) is 44.5 Å². The number of nitrogens with one attached hydrogen (secondary N) is 1. The summed E-state index contributed by atoms with van der Waals surface area (Å²) in [7, 11) is -3.20. The van der Waals surface area contributed by atoms with Crippen LogP contribution in [0.4, 0.5) is 10.1 Å². The maximum absolute atomic E-state index is 14.1. The number of hydrogen-bond acceptors (Lipinski definition) is 4.